The van der Waals surface area contributed by atoms with E-state index in [-0.39, 0.29) is 0 Å². The second-order valence-corrected chi connectivity index (χ2v) is 8.34. The van der Waals surface area contributed by atoms with Crippen LogP contribution in [-0.2, 0) is 22.5 Å². The Kier molecular flexibility index (Phi) is 7.17. The molecule has 7 heteroatoms. The molecule has 31 heavy (non-hydrogen) atoms. The number of aromatic nitrogens is 1. The standard InChI is InChI=1S/C24H31N3O4/c1-2-30-22(24(28)29)13-17-3-5-19(6-4-17)31-12-11-26-23-20-15-27(16-21(20)23)14-18-7-9-25-10-8-18/h3-10,20-23,26H,2,11-16H2,1H3,(H,28,29)/t20-,21?,22-,23+/m0/s1. The van der Waals surface area contributed by atoms with Crippen molar-refractivity contribution in [2.45, 2.75) is 32.0 Å². The minimum Gasteiger partial charge on any atom is -0.492 e. The number of carbonyl (C=O) groups is 1. The fourth-order valence-corrected chi connectivity index (χ4v) is 4.54. The summed E-state index contributed by atoms with van der Waals surface area (Å²) >= 11 is 0. The number of benzene rings is 1. The molecule has 1 saturated carbocycles. The fourth-order valence-electron chi connectivity index (χ4n) is 4.54. The van der Waals surface area contributed by atoms with Gasteiger partial charge < -0.3 is 19.9 Å². The van der Waals surface area contributed by atoms with Gasteiger partial charge in [0.25, 0.3) is 0 Å². The van der Waals surface area contributed by atoms with Gasteiger partial charge in [-0.2, -0.15) is 0 Å². The summed E-state index contributed by atoms with van der Waals surface area (Å²) in [6.07, 6.45) is 3.27. The quantitative estimate of drug-likeness (QED) is 0.505. The number of aliphatic carboxylic acids is 1. The van der Waals surface area contributed by atoms with Crippen molar-refractivity contribution in [3.63, 3.8) is 0 Å². The molecule has 4 rings (SSSR count). The lowest BCUT2D eigenvalue weighted by molar-refractivity contribution is -0.149. The van der Waals surface area contributed by atoms with E-state index in [1.54, 1.807) is 6.92 Å². The van der Waals surface area contributed by atoms with Crippen molar-refractivity contribution in [3.05, 3.63) is 59.9 Å². The van der Waals surface area contributed by atoms with Gasteiger partial charge in [0.2, 0.25) is 0 Å². The average Bonchev–Trinajstić information content (AvgIpc) is 3.22. The van der Waals surface area contributed by atoms with Crippen molar-refractivity contribution in [3.8, 4) is 5.75 Å². The molecule has 0 bridgehead atoms. The topological polar surface area (TPSA) is 83.9 Å². The molecule has 166 valence electrons. The third-order valence-corrected chi connectivity index (χ3v) is 6.16. The van der Waals surface area contributed by atoms with E-state index in [4.69, 9.17) is 9.47 Å². The maximum atomic E-state index is 11.2. The molecule has 2 aromatic rings. The summed E-state index contributed by atoms with van der Waals surface area (Å²) in [5.41, 5.74) is 2.25. The lowest BCUT2D eigenvalue weighted by atomic mass is 10.1. The zero-order valence-electron chi connectivity index (χ0n) is 17.9. The van der Waals surface area contributed by atoms with Gasteiger partial charge in [-0.1, -0.05) is 12.1 Å². The number of ether oxygens (including phenoxy) is 2. The molecule has 1 saturated heterocycles. The van der Waals surface area contributed by atoms with E-state index in [1.165, 1.54) is 5.56 Å². The molecule has 1 aliphatic carbocycles. The Hall–Kier alpha value is -2.48. The van der Waals surface area contributed by atoms with E-state index in [2.05, 4.69) is 27.3 Å². The van der Waals surface area contributed by atoms with E-state index in [0.717, 1.165) is 49.3 Å². The van der Waals surface area contributed by atoms with Gasteiger partial charge >= 0.3 is 5.97 Å². The van der Waals surface area contributed by atoms with Gasteiger partial charge in [0, 0.05) is 57.6 Å². The molecule has 1 aliphatic heterocycles. The van der Waals surface area contributed by atoms with Crippen LogP contribution in [0.25, 0.3) is 0 Å². The molecule has 0 spiro atoms. The molecule has 4 atom stereocenters. The Morgan fingerprint density at radius 1 is 1.16 bits per heavy atom. The van der Waals surface area contributed by atoms with Crippen LogP contribution in [0, 0.1) is 11.8 Å². The van der Waals surface area contributed by atoms with Crippen LogP contribution in [0.3, 0.4) is 0 Å². The summed E-state index contributed by atoms with van der Waals surface area (Å²) < 4.78 is 11.1. The zero-order chi connectivity index (χ0) is 21.6. The van der Waals surface area contributed by atoms with Crippen LogP contribution in [0.4, 0.5) is 0 Å². The number of hydrogen-bond acceptors (Lipinski definition) is 6. The number of pyridine rings is 1. The number of fused-ring (bicyclic) bond motifs is 1. The molecule has 1 aromatic heterocycles. The first-order chi connectivity index (χ1) is 15.1. The molecule has 2 heterocycles. The lowest BCUT2D eigenvalue weighted by Crippen LogP contribution is -2.33. The fraction of sp³-hybridized carbons (Fsp3) is 0.500. The maximum Gasteiger partial charge on any atom is 0.333 e. The number of piperidine rings is 1. The molecular formula is C24H31N3O4. The van der Waals surface area contributed by atoms with E-state index in [9.17, 15) is 9.90 Å². The predicted octanol–water partition coefficient (Wildman–Crippen LogP) is 2.21. The summed E-state index contributed by atoms with van der Waals surface area (Å²) in [5, 5.41) is 12.8. The normalized spacial score (nSPS) is 23.3. The van der Waals surface area contributed by atoms with Crippen LogP contribution in [0.1, 0.15) is 18.1 Å². The molecule has 0 amide bonds. The highest BCUT2D eigenvalue weighted by atomic mass is 16.5. The molecule has 2 N–H and O–H groups in total. The first-order valence-electron chi connectivity index (χ1n) is 11.0. The number of nitrogens with zero attached hydrogens (tertiary/aromatic N) is 2. The van der Waals surface area contributed by atoms with Crippen molar-refractivity contribution in [1.82, 2.24) is 15.2 Å². The number of likely N-dealkylation sites (tertiary alicyclic amines) is 1. The second kappa shape index (κ2) is 10.2. The zero-order valence-corrected chi connectivity index (χ0v) is 17.9. The molecule has 2 fully saturated rings. The predicted molar refractivity (Wildman–Crippen MR) is 117 cm³/mol. The Morgan fingerprint density at radius 3 is 2.52 bits per heavy atom. The van der Waals surface area contributed by atoms with Gasteiger partial charge in [0.05, 0.1) is 0 Å². The number of hydrogen-bond donors (Lipinski definition) is 2. The monoisotopic (exact) mass is 425 g/mol. The summed E-state index contributed by atoms with van der Waals surface area (Å²) in [7, 11) is 0. The molecule has 1 unspecified atom stereocenters. The van der Waals surface area contributed by atoms with Crippen LogP contribution in [0.15, 0.2) is 48.8 Å². The Balaban J connectivity index is 1.11. The summed E-state index contributed by atoms with van der Waals surface area (Å²) in [6, 6.07) is 12.4. The van der Waals surface area contributed by atoms with Crippen molar-refractivity contribution in [2.75, 3.05) is 32.8 Å². The van der Waals surface area contributed by atoms with Crippen LogP contribution < -0.4 is 10.1 Å². The number of rotatable bonds is 12. The highest BCUT2D eigenvalue weighted by molar-refractivity contribution is 5.72. The van der Waals surface area contributed by atoms with Crippen molar-refractivity contribution in [2.24, 2.45) is 11.8 Å². The Morgan fingerprint density at radius 2 is 1.87 bits per heavy atom. The van der Waals surface area contributed by atoms with E-state index in [0.29, 0.717) is 25.7 Å². The van der Waals surface area contributed by atoms with Gasteiger partial charge in [0.15, 0.2) is 6.10 Å². The number of nitrogens with one attached hydrogen (secondary N) is 1. The molecule has 0 radical (unpaired) electrons. The Labute approximate surface area is 183 Å². The van der Waals surface area contributed by atoms with Crippen molar-refractivity contribution in [1.29, 1.82) is 0 Å². The third-order valence-electron chi connectivity index (χ3n) is 6.16. The number of carboxylic acid groups (broad SMARTS) is 1. The average molecular weight is 426 g/mol. The van der Waals surface area contributed by atoms with E-state index < -0.39 is 12.1 Å². The summed E-state index contributed by atoms with van der Waals surface area (Å²) in [6.45, 7) is 6.96. The van der Waals surface area contributed by atoms with Crippen molar-refractivity contribution >= 4 is 5.97 Å². The van der Waals surface area contributed by atoms with Gasteiger partial charge in [-0.25, -0.2) is 4.79 Å². The van der Waals surface area contributed by atoms with Crippen LogP contribution in [0.5, 0.6) is 5.75 Å². The summed E-state index contributed by atoms with van der Waals surface area (Å²) in [5.74, 6) is 1.38. The number of carboxylic acids is 1. The van der Waals surface area contributed by atoms with Gasteiger partial charge in [-0.05, 0) is 54.2 Å². The molecule has 1 aromatic carbocycles. The molecular weight excluding hydrogens is 394 g/mol. The van der Waals surface area contributed by atoms with Gasteiger partial charge in [-0.15, -0.1) is 0 Å². The SMILES string of the molecule is CCO[C@@H](Cc1ccc(OCCN[C@H]2C3CN(Cc4ccncc4)C[C@@H]32)cc1)C(=O)O. The van der Waals surface area contributed by atoms with Crippen LogP contribution in [0.2, 0.25) is 0 Å². The van der Waals surface area contributed by atoms with Gasteiger partial charge in [0.1, 0.15) is 12.4 Å². The highest BCUT2D eigenvalue weighted by Gasteiger charge is 2.55. The Bertz CT molecular complexity index is 834. The van der Waals surface area contributed by atoms with Crippen LogP contribution in [-0.4, -0.2) is 66.0 Å². The van der Waals surface area contributed by atoms with Crippen molar-refractivity contribution < 1.29 is 19.4 Å². The third kappa shape index (κ3) is 5.81. The van der Waals surface area contributed by atoms with E-state index >= 15 is 0 Å². The first-order valence-corrected chi connectivity index (χ1v) is 11.0. The largest absolute Gasteiger partial charge is 0.492 e. The maximum absolute atomic E-state index is 11.2. The highest BCUT2D eigenvalue weighted by Crippen LogP contribution is 2.45. The van der Waals surface area contributed by atoms with E-state index in [1.807, 2.05) is 36.7 Å². The minimum absolute atomic E-state index is 0.355. The minimum atomic E-state index is -0.932. The van der Waals surface area contributed by atoms with Gasteiger partial charge in [-0.3, -0.25) is 9.88 Å². The molecule has 7 nitrogen and oxygen atoms in total. The lowest BCUT2D eigenvalue weighted by Gasteiger charge is -2.19. The van der Waals surface area contributed by atoms with Crippen LogP contribution >= 0.6 is 0 Å². The molecule has 2 aliphatic rings. The summed E-state index contributed by atoms with van der Waals surface area (Å²) in [4.78, 5) is 17.8. The smallest absolute Gasteiger partial charge is 0.333 e. The first kappa shape index (κ1) is 21.7. The second-order valence-electron chi connectivity index (χ2n) is 8.34.